The molecule has 1 aliphatic heterocycles. The molecule has 2 N–H and O–H groups in total. The fraction of sp³-hybridized carbons (Fsp3) is 0.462. The summed E-state index contributed by atoms with van der Waals surface area (Å²) in [6.45, 7) is 2.66. The molecule has 190 valence electrons. The number of carbonyl (C=O) groups excluding carboxylic acids is 2. The van der Waals surface area contributed by atoms with E-state index >= 15 is 0 Å². The van der Waals surface area contributed by atoms with Gasteiger partial charge < -0.3 is 24.8 Å². The lowest BCUT2D eigenvalue weighted by Crippen LogP contribution is -2.49. The Kier molecular flexibility index (Phi) is 9.86. The molecule has 0 unspecified atom stereocenters. The minimum Gasteiger partial charge on any atom is -0.493 e. The second kappa shape index (κ2) is 13.1. The molecule has 1 aliphatic rings. The van der Waals surface area contributed by atoms with Crippen LogP contribution in [0.3, 0.4) is 0 Å². The summed E-state index contributed by atoms with van der Waals surface area (Å²) in [7, 11) is 4.80. The molecular formula is C26H34FN3O5. The topological polar surface area (TPSA) is 89.1 Å². The summed E-state index contributed by atoms with van der Waals surface area (Å²) in [5.74, 6) is -0.102. The number of nitrogens with zero attached hydrogens (tertiary/aromatic N) is 1. The summed E-state index contributed by atoms with van der Waals surface area (Å²) in [6, 6.07) is 11.3. The molecule has 0 aliphatic carbocycles. The third kappa shape index (κ3) is 7.66. The van der Waals surface area contributed by atoms with E-state index in [1.54, 1.807) is 21.3 Å². The summed E-state index contributed by atoms with van der Waals surface area (Å²) in [4.78, 5) is 28.1. The number of ether oxygens (including phenoxy) is 3. The number of hydrogen-bond donors (Lipinski definition) is 2. The molecule has 0 spiro atoms. The molecule has 3 rings (SSSR count). The van der Waals surface area contributed by atoms with E-state index in [-0.39, 0.29) is 23.5 Å². The van der Waals surface area contributed by atoms with Gasteiger partial charge in [0.15, 0.2) is 11.5 Å². The number of methoxy groups -OCH3 is 3. The maximum absolute atomic E-state index is 13.2. The second-order valence-corrected chi connectivity index (χ2v) is 8.65. The summed E-state index contributed by atoms with van der Waals surface area (Å²) in [5, 5.41) is 5.82. The first-order valence-electron chi connectivity index (χ1n) is 11.7. The molecule has 35 heavy (non-hydrogen) atoms. The Morgan fingerprint density at radius 3 is 2.31 bits per heavy atom. The van der Waals surface area contributed by atoms with Crippen LogP contribution < -0.4 is 20.1 Å². The smallest absolute Gasteiger partial charge is 0.228 e. The highest BCUT2D eigenvalue weighted by Crippen LogP contribution is 2.30. The minimum atomic E-state index is -0.399. The number of piperidine rings is 1. The Hall–Kier alpha value is -3.17. The molecule has 0 aromatic heterocycles. The van der Waals surface area contributed by atoms with Crippen molar-refractivity contribution in [2.45, 2.75) is 19.4 Å². The van der Waals surface area contributed by atoms with Crippen LogP contribution in [0.1, 0.15) is 18.4 Å². The highest BCUT2D eigenvalue weighted by molar-refractivity contribution is 5.93. The highest BCUT2D eigenvalue weighted by atomic mass is 19.1. The number of rotatable bonds is 11. The van der Waals surface area contributed by atoms with Crippen molar-refractivity contribution in [2.75, 3.05) is 52.9 Å². The first-order valence-corrected chi connectivity index (χ1v) is 11.7. The monoisotopic (exact) mass is 487 g/mol. The van der Waals surface area contributed by atoms with Gasteiger partial charge in [-0.05, 0) is 54.8 Å². The van der Waals surface area contributed by atoms with Crippen molar-refractivity contribution in [1.82, 2.24) is 10.2 Å². The van der Waals surface area contributed by atoms with Crippen molar-refractivity contribution in [2.24, 2.45) is 11.8 Å². The molecule has 0 radical (unpaired) electrons. The average Bonchev–Trinajstić information content (AvgIpc) is 2.87. The van der Waals surface area contributed by atoms with Crippen LogP contribution in [0.5, 0.6) is 11.5 Å². The Labute approximate surface area is 205 Å². The molecular weight excluding hydrogens is 453 g/mol. The molecule has 1 heterocycles. The van der Waals surface area contributed by atoms with Gasteiger partial charge in [0.25, 0.3) is 0 Å². The number of benzene rings is 2. The standard InChI is InChI=1S/C26H34FN3O5/c1-33-12-4-11-28-25(31)19-14-20(26(32)29-22-8-6-21(27)7-9-22)17-30(16-19)15-18-5-10-23(34-2)24(13-18)35-3/h5-10,13,19-20H,4,11-12,14-17H2,1-3H3,(H,28,31)(H,29,32)/t19-,20+/m0/s1. The van der Waals surface area contributed by atoms with E-state index in [0.717, 1.165) is 12.0 Å². The fourth-order valence-corrected chi connectivity index (χ4v) is 4.29. The zero-order valence-corrected chi connectivity index (χ0v) is 20.5. The molecule has 0 bridgehead atoms. The van der Waals surface area contributed by atoms with Gasteiger partial charge >= 0.3 is 0 Å². The average molecular weight is 488 g/mol. The third-order valence-corrected chi connectivity index (χ3v) is 6.06. The fourth-order valence-electron chi connectivity index (χ4n) is 4.29. The Bertz CT molecular complexity index is 985. The van der Waals surface area contributed by atoms with Crippen molar-refractivity contribution < 1.29 is 28.2 Å². The van der Waals surface area contributed by atoms with Gasteiger partial charge in [0.1, 0.15) is 5.82 Å². The number of hydrogen-bond acceptors (Lipinski definition) is 6. The number of amides is 2. The van der Waals surface area contributed by atoms with Crippen molar-refractivity contribution >= 4 is 17.5 Å². The van der Waals surface area contributed by atoms with Crippen molar-refractivity contribution in [3.63, 3.8) is 0 Å². The van der Waals surface area contributed by atoms with E-state index in [0.29, 0.717) is 56.4 Å². The molecule has 2 atom stereocenters. The van der Waals surface area contributed by atoms with E-state index in [2.05, 4.69) is 15.5 Å². The van der Waals surface area contributed by atoms with Crippen LogP contribution in [0.2, 0.25) is 0 Å². The van der Waals surface area contributed by atoms with Gasteiger partial charge in [-0.1, -0.05) is 6.07 Å². The van der Waals surface area contributed by atoms with Crippen molar-refractivity contribution in [3.8, 4) is 11.5 Å². The normalized spacial score (nSPS) is 18.1. The molecule has 0 saturated carbocycles. The van der Waals surface area contributed by atoms with E-state index in [1.165, 1.54) is 24.3 Å². The molecule has 1 fully saturated rings. The molecule has 1 saturated heterocycles. The third-order valence-electron chi connectivity index (χ3n) is 6.06. The zero-order valence-electron chi connectivity index (χ0n) is 20.5. The zero-order chi connectivity index (χ0) is 25.2. The molecule has 2 aromatic rings. The lowest BCUT2D eigenvalue weighted by molar-refractivity contribution is -0.130. The highest BCUT2D eigenvalue weighted by Gasteiger charge is 2.35. The van der Waals surface area contributed by atoms with Gasteiger partial charge in [-0.2, -0.15) is 0 Å². The van der Waals surface area contributed by atoms with Crippen molar-refractivity contribution in [1.29, 1.82) is 0 Å². The molecule has 2 amide bonds. The largest absolute Gasteiger partial charge is 0.493 e. The predicted octanol–water partition coefficient (Wildman–Crippen LogP) is 3.07. The van der Waals surface area contributed by atoms with Gasteiger partial charge in [0, 0.05) is 45.6 Å². The van der Waals surface area contributed by atoms with Gasteiger partial charge in [-0.25, -0.2) is 4.39 Å². The molecule has 2 aromatic carbocycles. The van der Waals surface area contributed by atoms with Crippen LogP contribution in [0.4, 0.5) is 10.1 Å². The SMILES string of the molecule is COCCCNC(=O)[C@H]1C[C@@H](C(=O)Nc2ccc(F)cc2)CN(Cc2ccc(OC)c(OC)c2)C1. The summed E-state index contributed by atoms with van der Waals surface area (Å²) in [6.07, 6.45) is 1.16. The van der Waals surface area contributed by atoms with Crippen LogP contribution in [-0.2, 0) is 20.9 Å². The van der Waals surface area contributed by atoms with Gasteiger partial charge in [-0.15, -0.1) is 0 Å². The van der Waals surface area contributed by atoms with Crippen LogP contribution >= 0.6 is 0 Å². The Balaban J connectivity index is 1.72. The van der Waals surface area contributed by atoms with E-state index < -0.39 is 5.92 Å². The first kappa shape index (κ1) is 26.4. The van der Waals surface area contributed by atoms with Crippen molar-refractivity contribution in [3.05, 3.63) is 53.8 Å². The second-order valence-electron chi connectivity index (χ2n) is 8.65. The lowest BCUT2D eigenvalue weighted by atomic mass is 9.87. The van der Waals surface area contributed by atoms with Crippen LogP contribution in [0.25, 0.3) is 0 Å². The number of likely N-dealkylation sites (tertiary alicyclic amines) is 1. The predicted molar refractivity (Wildman–Crippen MR) is 131 cm³/mol. The van der Waals surface area contributed by atoms with Gasteiger partial charge in [0.05, 0.1) is 26.1 Å². The van der Waals surface area contributed by atoms with Crippen LogP contribution in [0, 0.1) is 17.7 Å². The van der Waals surface area contributed by atoms with Crippen LogP contribution in [-0.4, -0.2) is 64.3 Å². The summed E-state index contributed by atoms with van der Waals surface area (Å²) >= 11 is 0. The summed E-state index contributed by atoms with van der Waals surface area (Å²) in [5.41, 5.74) is 1.51. The molecule has 8 nitrogen and oxygen atoms in total. The Morgan fingerprint density at radius 1 is 0.971 bits per heavy atom. The quantitative estimate of drug-likeness (QED) is 0.474. The van der Waals surface area contributed by atoms with E-state index in [4.69, 9.17) is 14.2 Å². The number of halogens is 1. The maximum atomic E-state index is 13.2. The maximum Gasteiger partial charge on any atom is 0.228 e. The van der Waals surface area contributed by atoms with Crippen LogP contribution in [0.15, 0.2) is 42.5 Å². The molecule has 9 heteroatoms. The number of anilines is 1. The Morgan fingerprint density at radius 2 is 1.66 bits per heavy atom. The first-order chi connectivity index (χ1) is 16.9. The lowest BCUT2D eigenvalue weighted by Gasteiger charge is -2.36. The number of carbonyl (C=O) groups is 2. The van der Waals surface area contributed by atoms with E-state index in [1.807, 2.05) is 18.2 Å². The van der Waals surface area contributed by atoms with Gasteiger partial charge in [-0.3, -0.25) is 14.5 Å². The summed E-state index contributed by atoms with van der Waals surface area (Å²) < 4.78 is 29.0. The number of nitrogens with one attached hydrogen (secondary N) is 2. The van der Waals surface area contributed by atoms with Gasteiger partial charge in [0.2, 0.25) is 11.8 Å². The minimum absolute atomic E-state index is 0.0716. The van der Waals surface area contributed by atoms with E-state index in [9.17, 15) is 14.0 Å².